The predicted octanol–water partition coefficient (Wildman–Crippen LogP) is 3.40. The van der Waals surface area contributed by atoms with Gasteiger partial charge in [0.2, 0.25) is 0 Å². The highest BCUT2D eigenvalue weighted by Crippen LogP contribution is 2.26. The first-order chi connectivity index (χ1) is 7.66. The van der Waals surface area contributed by atoms with Crippen molar-refractivity contribution >= 4 is 0 Å². The Morgan fingerprint density at radius 3 is 2.75 bits per heavy atom. The van der Waals surface area contributed by atoms with Crippen LogP contribution in [0.2, 0.25) is 0 Å². The first kappa shape index (κ1) is 11.7. The molecule has 1 fully saturated rings. The summed E-state index contributed by atoms with van der Waals surface area (Å²) in [5.74, 6) is 0. The summed E-state index contributed by atoms with van der Waals surface area (Å²) in [7, 11) is 0. The predicted molar refractivity (Wildman–Crippen MR) is 69.6 cm³/mol. The lowest BCUT2D eigenvalue weighted by molar-refractivity contribution is 0.329. The van der Waals surface area contributed by atoms with Crippen LogP contribution < -0.4 is 5.32 Å². The van der Waals surface area contributed by atoms with Crippen LogP contribution in [-0.4, -0.2) is 12.6 Å². The van der Waals surface area contributed by atoms with Crippen LogP contribution in [0, 0.1) is 5.41 Å². The quantitative estimate of drug-likeness (QED) is 0.800. The zero-order valence-electron chi connectivity index (χ0n) is 10.5. The Morgan fingerprint density at radius 1 is 1.25 bits per heavy atom. The van der Waals surface area contributed by atoms with Crippen molar-refractivity contribution in [2.24, 2.45) is 5.41 Å². The maximum Gasteiger partial charge on any atom is 0.0108 e. The summed E-state index contributed by atoms with van der Waals surface area (Å²) in [5, 5.41) is 3.72. The largest absolute Gasteiger partial charge is 0.313 e. The van der Waals surface area contributed by atoms with Crippen molar-refractivity contribution in [2.45, 2.75) is 45.6 Å². The Kier molecular flexibility index (Phi) is 3.65. The van der Waals surface area contributed by atoms with E-state index in [0.29, 0.717) is 11.5 Å². The number of hydrogen-bond donors (Lipinski definition) is 1. The standard InChI is InChI=1S/C15H23N/c1-15(2)10-6-9-14(16-12-15)11-13-7-4-3-5-8-13/h3-5,7-8,14,16H,6,9-12H2,1-2H3. The van der Waals surface area contributed by atoms with Crippen molar-refractivity contribution in [3.05, 3.63) is 35.9 Å². The van der Waals surface area contributed by atoms with E-state index in [2.05, 4.69) is 49.5 Å². The Morgan fingerprint density at radius 2 is 2.00 bits per heavy atom. The van der Waals surface area contributed by atoms with Gasteiger partial charge in [0.15, 0.2) is 0 Å². The highest BCUT2D eigenvalue weighted by Gasteiger charge is 2.23. The average molecular weight is 217 g/mol. The molecule has 0 bridgehead atoms. The fourth-order valence-corrected chi connectivity index (χ4v) is 2.51. The second-order valence-corrected chi connectivity index (χ2v) is 5.82. The van der Waals surface area contributed by atoms with Gasteiger partial charge in [-0.1, -0.05) is 50.6 Å². The fourth-order valence-electron chi connectivity index (χ4n) is 2.51. The van der Waals surface area contributed by atoms with E-state index in [-0.39, 0.29) is 0 Å². The molecule has 1 heteroatoms. The van der Waals surface area contributed by atoms with Crippen molar-refractivity contribution < 1.29 is 0 Å². The van der Waals surface area contributed by atoms with Crippen LogP contribution in [0.1, 0.15) is 38.7 Å². The number of hydrogen-bond acceptors (Lipinski definition) is 1. The van der Waals surface area contributed by atoms with Crippen molar-refractivity contribution in [3.63, 3.8) is 0 Å². The van der Waals surface area contributed by atoms with Crippen LogP contribution in [0.3, 0.4) is 0 Å². The molecule has 2 rings (SSSR count). The third-order valence-corrected chi connectivity index (χ3v) is 3.60. The molecular weight excluding hydrogens is 194 g/mol. The molecule has 0 spiro atoms. The Labute approximate surface area is 99.3 Å². The fraction of sp³-hybridized carbons (Fsp3) is 0.600. The van der Waals surface area contributed by atoms with Gasteiger partial charge in [-0.05, 0) is 30.2 Å². The van der Waals surface area contributed by atoms with Crippen molar-refractivity contribution in [1.82, 2.24) is 5.32 Å². The molecule has 16 heavy (non-hydrogen) atoms. The minimum atomic E-state index is 0.478. The molecule has 1 aromatic rings. The SMILES string of the molecule is CC1(C)CCCC(Cc2ccccc2)NC1. The molecule has 1 nitrogen and oxygen atoms in total. The molecule has 0 radical (unpaired) electrons. The van der Waals surface area contributed by atoms with Crippen LogP contribution in [0.25, 0.3) is 0 Å². The van der Waals surface area contributed by atoms with Crippen LogP contribution >= 0.6 is 0 Å². The summed E-state index contributed by atoms with van der Waals surface area (Å²) >= 11 is 0. The van der Waals surface area contributed by atoms with Crippen LogP contribution in [0.5, 0.6) is 0 Å². The molecule has 1 aromatic carbocycles. The minimum absolute atomic E-state index is 0.478. The number of rotatable bonds is 2. The first-order valence-electron chi connectivity index (χ1n) is 6.43. The average Bonchev–Trinajstić information content (AvgIpc) is 2.42. The Bertz CT molecular complexity index is 315. The molecule has 1 aliphatic rings. The van der Waals surface area contributed by atoms with Gasteiger partial charge in [-0.25, -0.2) is 0 Å². The molecule has 1 saturated heterocycles. The van der Waals surface area contributed by atoms with Crippen molar-refractivity contribution in [3.8, 4) is 0 Å². The Balaban J connectivity index is 1.92. The Hall–Kier alpha value is -0.820. The first-order valence-corrected chi connectivity index (χ1v) is 6.43. The summed E-state index contributed by atoms with van der Waals surface area (Å²) < 4.78 is 0. The second-order valence-electron chi connectivity index (χ2n) is 5.82. The van der Waals surface area contributed by atoms with E-state index in [1.807, 2.05) is 0 Å². The summed E-state index contributed by atoms with van der Waals surface area (Å²) in [5.41, 5.74) is 1.94. The summed E-state index contributed by atoms with van der Waals surface area (Å²) in [4.78, 5) is 0. The highest BCUT2D eigenvalue weighted by molar-refractivity contribution is 5.16. The molecule has 0 saturated carbocycles. The van der Waals surface area contributed by atoms with Crippen molar-refractivity contribution in [2.75, 3.05) is 6.54 Å². The summed E-state index contributed by atoms with van der Waals surface area (Å²) in [6.07, 6.45) is 5.21. The van der Waals surface area contributed by atoms with Gasteiger partial charge < -0.3 is 5.32 Å². The lowest BCUT2D eigenvalue weighted by Crippen LogP contribution is -2.35. The zero-order chi connectivity index (χ0) is 11.4. The molecule has 0 aromatic heterocycles. The third kappa shape index (κ3) is 3.34. The molecular formula is C15H23N. The third-order valence-electron chi connectivity index (χ3n) is 3.60. The molecule has 1 aliphatic heterocycles. The molecule has 0 amide bonds. The van der Waals surface area contributed by atoms with Gasteiger partial charge in [0.25, 0.3) is 0 Å². The molecule has 1 N–H and O–H groups in total. The number of nitrogens with one attached hydrogen (secondary N) is 1. The van der Waals surface area contributed by atoms with Crippen molar-refractivity contribution in [1.29, 1.82) is 0 Å². The van der Waals surface area contributed by atoms with E-state index in [1.54, 1.807) is 0 Å². The molecule has 0 aliphatic carbocycles. The minimum Gasteiger partial charge on any atom is -0.313 e. The summed E-state index contributed by atoms with van der Waals surface area (Å²) in [6.45, 7) is 5.89. The highest BCUT2D eigenvalue weighted by atomic mass is 14.9. The zero-order valence-corrected chi connectivity index (χ0v) is 10.5. The monoisotopic (exact) mass is 217 g/mol. The maximum absolute atomic E-state index is 3.72. The summed E-state index contributed by atoms with van der Waals surface area (Å²) in [6, 6.07) is 11.5. The molecule has 1 atom stereocenters. The lowest BCUT2D eigenvalue weighted by atomic mass is 9.88. The second kappa shape index (κ2) is 5.01. The van der Waals surface area contributed by atoms with Gasteiger partial charge >= 0.3 is 0 Å². The molecule has 1 unspecified atom stereocenters. The van der Waals surface area contributed by atoms with Gasteiger partial charge in [-0.2, -0.15) is 0 Å². The van der Waals surface area contributed by atoms with E-state index in [1.165, 1.54) is 31.2 Å². The van der Waals surface area contributed by atoms with E-state index in [0.717, 1.165) is 6.54 Å². The van der Waals surface area contributed by atoms with Gasteiger partial charge in [0.05, 0.1) is 0 Å². The normalized spacial score (nSPS) is 25.0. The van der Waals surface area contributed by atoms with E-state index < -0.39 is 0 Å². The van der Waals surface area contributed by atoms with Gasteiger partial charge in [-0.3, -0.25) is 0 Å². The van der Waals surface area contributed by atoms with Gasteiger partial charge in [0, 0.05) is 12.6 Å². The van der Waals surface area contributed by atoms with Crippen LogP contribution in [-0.2, 0) is 6.42 Å². The van der Waals surface area contributed by atoms with Crippen LogP contribution in [0.15, 0.2) is 30.3 Å². The van der Waals surface area contributed by atoms with E-state index in [9.17, 15) is 0 Å². The maximum atomic E-state index is 3.72. The smallest absolute Gasteiger partial charge is 0.0108 e. The molecule has 88 valence electrons. The van der Waals surface area contributed by atoms with E-state index >= 15 is 0 Å². The van der Waals surface area contributed by atoms with Crippen LogP contribution in [0.4, 0.5) is 0 Å². The van der Waals surface area contributed by atoms with E-state index in [4.69, 9.17) is 0 Å². The topological polar surface area (TPSA) is 12.0 Å². The van der Waals surface area contributed by atoms with Gasteiger partial charge in [0.1, 0.15) is 0 Å². The lowest BCUT2D eigenvalue weighted by Gasteiger charge is -2.23. The van der Waals surface area contributed by atoms with Gasteiger partial charge in [-0.15, -0.1) is 0 Å². The number of benzene rings is 1. The molecule has 1 heterocycles.